The summed E-state index contributed by atoms with van der Waals surface area (Å²) >= 11 is 3.12. The summed E-state index contributed by atoms with van der Waals surface area (Å²) in [5.41, 5.74) is -0.277. The highest BCUT2D eigenvalue weighted by atomic mass is 79.9. The number of amides is 2. The fraction of sp³-hybridized carbons (Fsp3) is 0.400. The molecule has 2 N–H and O–H groups in total. The van der Waals surface area contributed by atoms with Crippen molar-refractivity contribution in [3.8, 4) is 0 Å². The molecule has 1 atom stereocenters. The van der Waals surface area contributed by atoms with Gasteiger partial charge < -0.3 is 15.4 Å². The Hall–Kier alpha value is -1.96. The van der Waals surface area contributed by atoms with E-state index in [1.807, 2.05) is 6.92 Å². The maximum atomic E-state index is 13.5. The van der Waals surface area contributed by atoms with Crippen LogP contribution in [0.2, 0.25) is 0 Å². The van der Waals surface area contributed by atoms with Crippen molar-refractivity contribution in [2.24, 2.45) is 0 Å². The van der Waals surface area contributed by atoms with Crippen LogP contribution in [0, 0.1) is 5.82 Å². The third-order valence-corrected chi connectivity index (χ3v) is 3.30. The Morgan fingerprint density at radius 1 is 1.35 bits per heavy atom. The maximum Gasteiger partial charge on any atom is 0.341 e. The molecule has 8 heteroatoms. The van der Waals surface area contributed by atoms with Gasteiger partial charge in [-0.25, -0.2) is 9.18 Å². The van der Waals surface area contributed by atoms with Crippen LogP contribution in [0.3, 0.4) is 0 Å². The van der Waals surface area contributed by atoms with Crippen molar-refractivity contribution in [3.63, 3.8) is 0 Å². The molecule has 126 valence electrons. The lowest BCUT2D eigenvalue weighted by molar-refractivity contribution is -0.130. The summed E-state index contributed by atoms with van der Waals surface area (Å²) in [6.07, 6.45) is 0.780. The van der Waals surface area contributed by atoms with Gasteiger partial charge >= 0.3 is 5.97 Å². The number of hydrogen-bond donors (Lipinski definition) is 2. The molecule has 0 aliphatic rings. The number of halogens is 2. The number of benzene rings is 1. The quantitative estimate of drug-likeness (QED) is 0.697. The molecule has 0 spiro atoms. The molecule has 0 heterocycles. The topological polar surface area (TPSA) is 84.5 Å². The molecular formula is C15H18BrFN2O4. The smallest absolute Gasteiger partial charge is 0.341 e. The molecule has 0 aromatic heterocycles. The first-order valence-corrected chi connectivity index (χ1v) is 7.83. The van der Waals surface area contributed by atoms with Crippen LogP contribution in [0.1, 0.15) is 30.6 Å². The second kappa shape index (κ2) is 9.24. The average Bonchev–Trinajstić information content (AvgIpc) is 2.52. The van der Waals surface area contributed by atoms with Crippen LogP contribution in [0.15, 0.2) is 22.7 Å². The van der Waals surface area contributed by atoms with E-state index >= 15 is 0 Å². The van der Waals surface area contributed by atoms with E-state index in [0.717, 1.165) is 12.5 Å². The zero-order valence-corrected chi connectivity index (χ0v) is 14.4. The standard InChI is InChI=1S/C15H18BrFN2O4/c1-3-6-18-14(21)9(2)19-13(20)8-23-15(22)11-7-10(16)4-5-12(11)17/h4-5,7,9H,3,6,8H2,1-2H3,(H,18,21)(H,19,20)/t9-/m0/s1. The van der Waals surface area contributed by atoms with Crippen molar-refractivity contribution in [2.45, 2.75) is 26.3 Å². The summed E-state index contributed by atoms with van der Waals surface area (Å²) in [6.45, 7) is 3.33. The summed E-state index contributed by atoms with van der Waals surface area (Å²) in [7, 11) is 0. The predicted molar refractivity (Wildman–Crippen MR) is 85.3 cm³/mol. The van der Waals surface area contributed by atoms with Crippen molar-refractivity contribution < 1.29 is 23.5 Å². The molecule has 1 aromatic carbocycles. The Labute approximate surface area is 141 Å². The third-order valence-electron chi connectivity index (χ3n) is 2.80. The number of esters is 1. The van der Waals surface area contributed by atoms with Gasteiger partial charge in [-0.1, -0.05) is 22.9 Å². The van der Waals surface area contributed by atoms with Crippen LogP contribution in [-0.4, -0.2) is 37.0 Å². The van der Waals surface area contributed by atoms with E-state index in [9.17, 15) is 18.8 Å². The van der Waals surface area contributed by atoms with E-state index in [4.69, 9.17) is 4.74 Å². The van der Waals surface area contributed by atoms with Gasteiger partial charge in [-0.05, 0) is 31.5 Å². The lowest BCUT2D eigenvalue weighted by Gasteiger charge is -2.14. The van der Waals surface area contributed by atoms with Gasteiger partial charge in [0.2, 0.25) is 5.91 Å². The molecule has 0 aliphatic heterocycles. The Balaban J connectivity index is 2.48. The summed E-state index contributed by atoms with van der Waals surface area (Å²) in [4.78, 5) is 35.0. The van der Waals surface area contributed by atoms with E-state index in [1.165, 1.54) is 19.1 Å². The highest BCUT2D eigenvalue weighted by molar-refractivity contribution is 9.10. The first kappa shape index (κ1) is 19.1. The largest absolute Gasteiger partial charge is 0.452 e. The minimum atomic E-state index is -0.956. The van der Waals surface area contributed by atoms with E-state index < -0.39 is 30.3 Å². The van der Waals surface area contributed by atoms with Crippen molar-refractivity contribution in [1.82, 2.24) is 10.6 Å². The van der Waals surface area contributed by atoms with Gasteiger partial charge in [-0.2, -0.15) is 0 Å². The molecule has 1 rings (SSSR count). The number of carbonyl (C=O) groups is 3. The molecule has 0 aliphatic carbocycles. The molecule has 1 aromatic rings. The molecule has 0 fully saturated rings. The van der Waals surface area contributed by atoms with Gasteiger partial charge in [0.05, 0.1) is 5.56 Å². The van der Waals surface area contributed by atoms with Gasteiger partial charge in [0.1, 0.15) is 11.9 Å². The molecule has 2 amide bonds. The highest BCUT2D eigenvalue weighted by Gasteiger charge is 2.18. The molecule has 0 unspecified atom stereocenters. The Morgan fingerprint density at radius 3 is 2.70 bits per heavy atom. The van der Waals surface area contributed by atoms with E-state index in [1.54, 1.807) is 0 Å². The summed E-state index contributed by atoms with van der Waals surface area (Å²) in [5, 5.41) is 5.02. The summed E-state index contributed by atoms with van der Waals surface area (Å²) in [5.74, 6) is -2.68. The number of carbonyl (C=O) groups excluding carboxylic acids is 3. The van der Waals surface area contributed by atoms with Gasteiger partial charge in [0, 0.05) is 11.0 Å². The fourth-order valence-electron chi connectivity index (χ4n) is 1.61. The van der Waals surface area contributed by atoms with Crippen LogP contribution in [0.4, 0.5) is 4.39 Å². The lowest BCUT2D eigenvalue weighted by atomic mass is 10.2. The Bertz CT molecular complexity index is 595. The van der Waals surface area contributed by atoms with E-state index in [0.29, 0.717) is 11.0 Å². The second-order valence-corrected chi connectivity index (χ2v) is 5.70. The number of ether oxygens (including phenoxy) is 1. The van der Waals surface area contributed by atoms with Crippen LogP contribution in [0.5, 0.6) is 0 Å². The SMILES string of the molecule is CCCNC(=O)[C@H](C)NC(=O)COC(=O)c1cc(Br)ccc1F. The summed E-state index contributed by atoms with van der Waals surface area (Å²) in [6, 6.07) is 3.06. The van der Waals surface area contributed by atoms with Crippen LogP contribution in [-0.2, 0) is 14.3 Å². The minimum Gasteiger partial charge on any atom is -0.452 e. The zero-order chi connectivity index (χ0) is 17.4. The predicted octanol–water partition coefficient (Wildman–Crippen LogP) is 1.78. The minimum absolute atomic E-state index is 0.277. The zero-order valence-electron chi connectivity index (χ0n) is 12.8. The van der Waals surface area contributed by atoms with Gasteiger partial charge in [-0.3, -0.25) is 9.59 Å². The first-order valence-electron chi connectivity index (χ1n) is 7.04. The van der Waals surface area contributed by atoms with Crippen molar-refractivity contribution in [2.75, 3.05) is 13.2 Å². The fourth-order valence-corrected chi connectivity index (χ4v) is 1.97. The molecule has 0 saturated carbocycles. The van der Waals surface area contributed by atoms with E-state index in [-0.39, 0.29) is 11.5 Å². The molecule has 0 radical (unpaired) electrons. The van der Waals surface area contributed by atoms with Crippen LogP contribution < -0.4 is 10.6 Å². The van der Waals surface area contributed by atoms with Gasteiger partial charge in [0.25, 0.3) is 5.91 Å². The van der Waals surface area contributed by atoms with Gasteiger partial charge in [-0.15, -0.1) is 0 Å². The Morgan fingerprint density at radius 2 is 2.04 bits per heavy atom. The van der Waals surface area contributed by atoms with Crippen LogP contribution in [0.25, 0.3) is 0 Å². The molecule has 23 heavy (non-hydrogen) atoms. The first-order chi connectivity index (χ1) is 10.8. The van der Waals surface area contributed by atoms with Crippen molar-refractivity contribution in [3.05, 3.63) is 34.1 Å². The molecule has 6 nitrogen and oxygen atoms in total. The Kier molecular flexibility index (Phi) is 7.67. The normalized spacial score (nSPS) is 11.5. The third kappa shape index (κ3) is 6.35. The highest BCUT2D eigenvalue weighted by Crippen LogP contribution is 2.16. The number of rotatable bonds is 7. The summed E-state index contributed by atoms with van der Waals surface area (Å²) < 4.78 is 18.8. The molecular weight excluding hydrogens is 371 g/mol. The second-order valence-electron chi connectivity index (χ2n) is 4.78. The monoisotopic (exact) mass is 388 g/mol. The maximum absolute atomic E-state index is 13.5. The van der Waals surface area contributed by atoms with Crippen molar-refractivity contribution >= 4 is 33.7 Å². The molecule has 0 saturated heterocycles. The number of nitrogens with one attached hydrogen (secondary N) is 2. The number of hydrogen-bond acceptors (Lipinski definition) is 4. The lowest BCUT2D eigenvalue weighted by Crippen LogP contribution is -2.46. The average molecular weight is 389 g/mol. The van der Waals surface area contributed by atoms with Crippen molar-refractivity contribution in [1.29, 1.82) is 0 Å². The van der Waals surface area contributed by atoms with Gasteiger partial charge in [0.15, 0.2) is 6.61 Å². The van der Waals surface area contributed by atoms with Crippen LogP contribution >= 0.6 is 15.9 Å². The molecule has 0 bridgehead atoms. The van der Waals surface area contributed by atoms with E-state index in [2.05, 4.69) is 26.6 Å².